The van der Waals surface area contributed by atoms with Crippen molar-refractivity contribution in [2.45, 2.75) is 39.2 Å². The summed E-state index contributed by atoms with van der Waals surface area (Å²) in [7, 11) is 0. The molecule has 1 saturated heterocycles. The Bertz CT molecular complexity index is 329. The first-order valence-corrected chi connectivity index (χ1v) is 8.69. The van der Waals surface area contributed by atoms with E-state index in [1.165, 1.54) is 41.2 Å². The summed E-state index contributed by atoms with van der Waals surface area (Å²) >= 11 is 4.00. The third-order valence-corrected chi connectivity index (χ3v) is 5.54. The summed E-state index contributed by atoms with van der Waals surface area (Å²) in [5.74, 6) is 3.66. The molecule has 0 bridgehead atoms. The van der Waals surface area contributed by atoms with Crippen molar-refractivity contribution in [3.8, 4) is 0 Å². The fraction of sp³-hybridized carbons (Fsp3) is 0.714. The molecule has 17 heavy (non-hydrogen) atoms. The molecule has 0 spiro atoms. The zero-order valence-corrected chi connectivity index (χ0v) is 12.5. The number of hydrogen-bond donors (Lipinski definition) is 1. The molecule has 3 heteroatoms. The maximum Gasteiger partial charge on any atom is 0.0333 e. The Balaban J connectivity index is 1.99. The molecule has 2 rings (SSSR count). The van der Waals surface area contributed by atoms with Crippen molar-refractivity contribution in [1.29, 1.82) is 0 Å². The molecule has 1 N–H and O–H groups in total. The summed E-state index contributed by atoms with van der Waals surface area (Å²) in [6, 6.07) is 2.89. The fourth-order valence-corrected chi connectivity index (χ4v) is 4.61. The maximum absolute atomic E-state index is 3.67. The van der Waals surface area contributed by atoms with Gasteiger partial charge in [-0.1, -0.05) is 6.92 Å². The number of aryl methyl sites for hydroxylation is 1. The summed E-state index contributed by atoms with van der Waals surface area (Å²) in [5, 5.41) is 5.90. The van der Waals surface area contributed by atoms with Crippen LogP contribution < -0.4 is 5.32 Å². The molecule has 1 fully saturated rings. The number of rotatable bonds is 5. The number of thioether (sulfide) groups is 1. The van der Waals surface area contributed by atoms with Crippen molar-refractivity contribution in [3.63, 3.8) is 0 Å². The van der Waals surface area contributed by atoms with Crippen molar-refractivity contribution < 1.29 is 0 Å². The number of nitrogens with one attached hydrogen (secondary N) is 1. The second kappa shape index (κ2) is 6.81. The molecule has 1 aliphatic heterocycles. The molecular formula is C14H23NS2. The Hall–Kier alpha value is 0.01000. The molecule has 0 saturated carbocycles. The van der Waals surface area contributed by atoms with Crippen molar-refractivity contribution in [2.75, 3.05) is 18.1 Å². The second-order valence-electron chi connectivity index (χ2n) is 4.83. The van der Waals surface area contributed by atoms with E-state index in [9.17, 15) is 0 Å². The van der Waals surface area contributed by atoms with Crippen LogP contribution in [0.15, 0.2) is 11.4 Å². The van der Waals surface area contributed by atoms with Crippen LogP contribution in [-0.4, -0.2) is 18.1 Å². The highest BCUT2D eigenvalue weighted by atomic mass is 32.2. The van der Waals surface area contributed by atoms with E-state index in [0.717, 1.165) is 12.5 Å². The molecule has 0 aromatic carbocycles. The van der Waals surface area contributed by atoms with Gasteiger partial charge in [0.1, 0.15) is 0 Å². The van der Waals surface area contributed by atoms with E-state index in [4.69, 9.17) is 0 Å². The number of thiophene rings is 1. The van der Waals surface area contributed by atoms with Crippen LogP contribution in [0.3, 0.4) is 0 Å². The van der Waals surface area contributed by atoms with Gasteiger partial charge in [0.2, 0.25) is 0 Å². The Morgan fingerprint density at radius 1 is 1.41 bits per heavy atom. The summed E-state index contributed by atoms with van der Waals surface area (Å²) in [6.45, 7) is 5.54. The van der Waals surface area contributed by atoms with Crippen LogP contribution >= 0.6 is 23.1 Å². The van der Waals surface area contributed by atoms with E-state index >= 15 is 0 Å². The van der Waals surface area contributed by atoms with Gasteiger partial charge in [-0.2, -0.15) is 11.8 Å². The normalized spacial score (nSPS) is 19.4. The second-order valence-corrected chi connectivity index (χ2v) is 7.18. The summed E-state index contributed by atoms with van der Waals surface area (Å²) in [6.07, 6.45) is 4.15. The largest absolute Gasteiger partial charge is 0.310 e. The first kappa shape index (κ1) is 13.4. The van der Waals surface area contributed by atoms with Crippen molar-refractivity contribution >= 4 is 23.1 Å². The molecule has 1 atom stereocenters. The highest BCUT2D eigenvalue weighted by molar-refractivity contribution is 7.99. The molecule has 1 nitrogen and oxygen atoms in total. The number of hydrogen-bond acceptors (Lipinski definition) is 3. The topological polar surface area (TPSA) is 12.0 Å². The van der Waals surface area contributed by atoms with Crippen LogP contribution in [0.25, 0.3) is 0 Å². The molecule has 1 aromatic heterocycles. The van der Waals surface area contributed by atoms with Gasteiger partial charge in [-0.25, -0.2) is 0 Å². The van der Waals surface area contributed by atoms with Crippen LogP contribution in [0.5, 0.6) is 0 Å². The minimum atomic E-state index is 0.583. The van der Waals surface area contributed by atoms with E-state index in [-0.39, 0.29) is 0 Å². The predicted octanol–water partition coefficient (Wildman–Crippen LogP) is 4.24. The Morgan fingerprint density at radius 2 is 2.18 bits per heavy atom. The third-order valence-electron chi connectivity index (χ3n) is 3.63. The fourth-order valence-electron chi connectivity index (χ4n) is 2.64. The van der Waals surface area contributed by atoms with Gasteiger partial charge in [0, 0.05) is 10.9 Å². The maximum atomic E-state index is 3.67. The zero-order chi connectivity index (χ0) is 12.1. The SMILES string of the molecule is CCNC(CC1CCSCC1)c1ccsc1C. The van der Waals surface area contributed by atoms with Crippen molar-refractivity contribution in [3.05, 3.63) is 21.9 Å². The molecule has 1 aliphatic rings. The molecule has 0 aliphatic carbocycles. The lowest BCUT2D eigenvalue weighted by Gasteiger charge is -2.27. The van der Waals surface area contributed by atoms with E-state index in [1.807, 2.05) is 11.3 Å². The Labute approximate surface area is 113 Å². The third kappa shape index (κ3) is 3.73. The first-order valence-electron chi connectivity index (χ1n) is 6.66. The predicted molar refractivity (Wildman–Crippen MR) is 80.1 cm³/mol. The van der Waals surface area contributed by atoms with Crippen LogP contribution in [-0.2, 0) is 0 Å². The van der Waals surface area contributed by atoms with Crippen LogP contribution in [0.1, 0.15) is 42.7 Å². The summed E-state index contributed by atoms with van der Waals surface area (Å²) < 4.78 is 0. The molecule has 0 amide bonds. The molecule has 96 valence electrons. The smallest absolute Gasteiger partial charge is 0.0333 e. The molecule has 2 heterocycles. The summed E-state index contributed by atoms with van der Waals surface area (Å²) in [5.41, 5.74) is 1.54. The van der Waals surface area contributed by atoms with Gasteiger partial charge >= 0.3 is 0 Å². The Morgan fingerprint density at radius 3 is 2.76 bits per heavy atom. The van der Waals surface area contributed by atoms with E-state index < -0.39 is 0 Å². The highest BCUT2D eigenvalue weighted by Crippen LogP contribution is 2.33. The van der Waals surface area contributed by atoms with Crippen LogP contribution in [0.4, 0.5) is 0 Å². The van der Waals surface area contributed by atoms with Crippen LogP contribution in [0, 0.1) is 12.8 Å². The molecule has 1 unspecified atom stereocenters. The van der Waals surface area contributed by atoms with Crippen molar-refractivity contribution in [1.82, 2.24) is 5.32 Å². The van der Waals surface area contributed by atoms with Gasteiger partial charge in [0.25, 0.3) is 0 Å². The van der Waals surface area contributed by atoms with Gasteiger partial charge in [-0.3, -0.25) is 0 Å². The minimum absolute atomic E-state index is 0.583. The van der Waals surface area contributed by atoms with Gasteiger partial charge in [-0.15, -0.1) is 11.3 Å². The molecular weight excluding hydrogens is 246 g/mol. The first-order chi connectivity index (χ1) is 8.31. The van der Waals surface area contributed by atoms with Gasteiger partial charge in [-0.05, 0) is 67.2 Å². The average molecular weight is 269 g/mol. The van der Waals surface area contributed by atoms with Crippen LogP contribution in [0.2, 0.25) is 0 Å². The van der Waals surface area contributed by atoms with Gasteiger partial charge in [0.05, 0.1) is 0 Å². The highest BCUT2D eigenvalue weighted by Gasteiger charge is 2.21. The Kier molecular flexibility index (Phi) is 5.39. The monoisotopic (exact) mass is 269 g/mol. The van der Waals surface area contributed by atoms with E-state index in [0.29, 0.717) is 6.04 Å². The van der Waals surface area contributed by atoms with E-state index in [2.05, 4.69) is 42.4 Å². The lowest BCUT2D eigenvalue weighted by molar-refractivity contribution is 0.374. The standard InChI is InChI=1S/C14H23NS2/c1-3-15-14(13-6-9-17-11(13)2)10-12-4-7-16-8-5-12/h6,9,12,14-15H,3-5,7-8,10H2,1-2H3. The van der Waals surface area contributed by atoms with Gasteiger partial charge in [0.15, 0.2) is 0 Å². The molecule has 0 radical (unpaired) electrons. The van der Waals surface area contributed by atoms with Crippen molar-refractivity contribution in [2.24, 2.45) is 5.92 Å². The average Bonchev–Trinajstić information content (AvgIpc) is 2.76. The lowest BCUT2D eigenvalue weighted by atomic mass is 9.91. The van der Waals surface area contributed by atoms with E-state index in [1.54, 1.807) is 0 Å². The lowest BCUT2D eigenvalue weighted by Crippen LogP contribution is -2.25. The minimum Gasteiger partial charge on any atom is -0.310 e. The zero-order valence-electron chi connectivity index (χ0n) is 10.9. The van der Waals surface area contributed by atoms with Gasteiger partial charge < -0.3 is 5.32 Å². The summed E-state index contributed by atoms with van der Waals surface area (Å²) in [4.78, 5) is 1.49. The molecule has 1 aromatic rings. The quantitative estimate of drug-likeness (QED) is 0.858.